The first-order chi connectivity index (χ1) is 10.1. The summed E-state index contributed by atoms with van der Waals surface area (Å²) in [6, 6.07) is 5.65. The van der Waals surface area contributed by atoms with Gasteiger partial charge in [-0.15, -0.1) is 0 Å². The number of hydrogen-bond donors (Lipinski definition) is 2. The van der Waals surface area contributed by atoms with Crippen molar-refractivity contribution < 1.29 is 14.6 Å². The Morgan fingerprint density at radius 1 is 1.38 bits per heavy atom. The zero-order valence-corrected chi connectivity index (χ0v) is 13.2. The molecule has 1 aromatic carbocycles. The van der Waals surface area contributed by atoms with E-state index >= 15 is 0 Å². The first-order valence-corrected chi connectivity index (χ1v) is 7.37. The minimum absolute atomic E-state index is 0.0510. The molecule has 0 aliphatic heterocycles. The summed E-state index contributed by atoms with van der Waals surface area (Å²) < 4.78 is 5.01. The molecular formula is C16H26N2O3. The van der Waals surface area contributed by atoms with E-state index in [2.05, 4.69) is 12.2 Å². The smallest absolute Gasteiger partial charge is 0.254 e. The average Bonchev–Trinajstić information content (AvgIpc) is 2.49. The SMILES string of the molecule is CCCNc1ccc(C(=O)N(CCO)CCOC)cc1C. The van der Waals surface area contributed by atoms with E-state index in [1.807, 2.05) is 25.1 Å². The van der Waals surface area contributed by atoms with Crippen LogP contribution in [0.2, 0.25) is 0 Å². The van der Waals surface area contributed by atoms with Crippen LogP contribution in [0.25, 0.3) is 0 Å². The van der Waals surface area contributed by atoms with Crippen LogP contribution in [-0.4, -0.2) is 55.9 Å². The zero-order valence-electron chi connectivity index (χ0n) is 13.2. The molecule has 0 aliphatic carbocycles. The van der Waals surface area contributed by atoms with Gasteiger partial charge in [0.1, 0.15) is 0 Å². The first kappa shape index (κ1) is 17.5. The minimum atomic E-state index is -0.0776. The van der Waals surface area contributed by atoms with Gasteiger partial charge >= 0.3 is 0 Å². The molecule has 0 spiro atoms. The average molecular weight is 294 g/mol. The van der Waals surface area contributed by atoms with Gasteiger partial charge in [-0.25, -0.2) is 0 Å². The fraction of sp³-hybridized carbons (Fsp3) is 0.562. The molecule has 5 nitrogen and oxygen atoms in total. The number of aryl methyl sites for hydroxylation is 1. The molecule has 0 radical (unpaired) electrons. The number of nitrogens with one attached hydrogen (secondary N) is 1. The maximum Gasteiger partial charge on any atom is 0.254 e. The molecule has 0 aliphatic rings. The molecule has 1 rings (SSSR count). The largest absolute Gasteiger partial charge is 0.395 e. The third-order valence-electron chi connectivity index (χ3n) is 3.26. The Morgan fingerprint density at radius 2 is 2.14 bits per heavy atom. The van der Waals surface area contributed by atoms with Crippen molar-refractivity contribution in [2.45, 2.75) is 20.3 Å². The third kappa shape index (κ3) is 5.36. The second-order valence-electron chi connectivity index (χ2n) is 4.97. The van der Waals surface area contributed by atoms with Crippen molar-refractivity contribution in [1.29, 1.82) is 0 Å². The van der Waals surface area contributed by atoms with Crippen molar-refractivity contribution in [1.82, 2.24) is 4.90 Å². The van der Waals surface area contributed by atoms with Gasteiger partial charge in [0.15, 0.2) is 0 Å². The number of aliphatic hydroxyl groups excluding tert-OH is 1. The Hall–Kier alpha value is -1.59. The molecule has 118 valence electrons. The highest BCUT2D eigenvalue weighted by atomic mass is 16.5. The lowest BCUT2D eigenvalue weighted by Crippen LogP contribution is -2.36. The summed E-state index contributed by atoms with van der Waals surface area (Å²) in [6.07, 6.45) is 1.06. The number of methoxy groups -OCH3 is 1. The number of carbonyl (C=O) groups excluding carboxylic acids is 1. The van der Waals surface area contributed by atoms with E-state index in [9.17, 15) is 4.79 Å². The molecule has 0 atom stereocenters. The third-order valence-corrected chi connectivity index (χ3v) is 3.26. The van der Waals surface area contributed by atoms with Gasteiger partial charge in [0.2, 0.25) is 0 Å². The highest BCUT2D eigenvalue weighted by Crippen LogP contribution is 2.17. The first-order valence-electron chi connectivity index (χ1n) is 7.37. The lowest BCUT2D eigenvalue weighted by molar-refractivity contribution is 0.0656. The van der Waals surface area contributed by atoms with Crippen LogP contribution >= 0.6 is 0 Å². The van der Waals surface area contributed by atoms with E-state index < -0.39 is 0 Å². The Balaban J connectivity index is 2.82. The summed E-state index contributed by atoms with van der Waals surface area (Å²) >= 11 is 0. The van der Waals surface area contributed by atoms with Crippen molar-refractivity contribution in [2.75, 3.05) is 45.3 Å². The van der Waals surface area contributed by atoms with Crippen molar-refractivity contribution in [3.8, 4) is 0 Å². The van der Waals surface area contributed by atoms with Crippen LogP contribution in [-0.2, 0) is 4.74 Å². The molecule has 0 saturated heterocycles. The number of aliphatic hydroxyl groups is 1. The van der Waals surface area contributed by atoms with Crippen LogP contribution < -0.4 is 5.32 Å². The molecule has 0 heterocycles. The number of anilines is 1. The number of amides is 1. The van der Waals surface area contributed by atoms with E-state index in [0.717, 1.165) is 24.2 Å². The van der Waals surface area contributed by atoms with Gasteiger partial charge in [-0.3, -0.25) is 4.79 Å². The van der Waals surface area contributed by atoms with E-state index in [1.54, 1.807) is 12.0 Å². The monoisotopic (exact) mass is 294 g/mol. The standard InChI is InChI=1S/C16H26N2O3/c1-4-7-17-15-6-5-14(12-13(15)2)16(20)18(8-10-19)9-11-21-3/h5-6,12,17,19H,4,7-11H2,1-3H3. The van der Waals surface area contributed by atoms with E-state index in [-0.39, 0.29) is 12.5 Å². The van der Waals surface area contributed by atoms with Crippen molar-refractivity contribution in [3.63, 3.8) is 0 Å². The second-order valence-corrected chi connectivity index (χ2v) is 4.97. The Bertz CT molecular complexity index is 449. The summed E-state index contributed by atoms with van der Waals surface area (Å²) in [5, 5.41) is 12.4. The molecule has 0 saturated carbocycles. The van der Waals surface area contributed by atoms with Crippen LogP contribution in [0.3, 0.4) is 0 Å². The Morgan fingerprint density at radius 3 is 2.71 bits per heavy atom. The number of ether oxygens (including phenoxy) is 1. The van der Waals surface area contributed by atoms with E-state index in [1.165, 1.54) is 0 Å². The van der Waals surface area contributed by atoms with Gasteiger partial charge in [-0.1, -0.05) is 6.92 Å². The van der Waals surface area contributed by atoms with Crippen LogP contribution in [0, 0.1) is 6.92 Å². The van der Waals surface area contributed by atoms with Crippen LogP contribution in [0.4, 0.5) is 5.69 Å². The highest BCUT2D eigenvalue weighted by molar-refractivity contribution is 5.95. The zero-order chi connectivity index (χ0) is 15.7. The molecule has 1 aromatic rings. The van der Waals surface area contributed by atoms with Gasteiger partial charge in [-0.05, 0) is 37.1 Å². The van der Waals surface area contributed by atoms with Crippen LogP contribution in [0.5, 0.6) is 0 Å². The van der Waals surface area contributed by atoms with E-state index in [4.69, 9.17) is 9.84 Å². The summed E-state index contributed by atoms with van der Waals surface area (Å²) in [5.41, 5.74) is 2.74. The van der Waals surface area contributed by atoms with Crippen molar-refractivity contribution >= 4 is 11.6 Å². The lowest BCUT2D eigenvalue weighted by atomic mass is 10.1. The summed E-state index contributed by atoms with van der Waals surface area (Å²) in [4.78, 5) is 14.1. The normalized spacial score (nSPS) is 10.5. The maximum atomic E-state index is 12.5. The van der Waals surface area contributed by atoms with Gasteiger partial charge in [0.25, 0.3) is 5.91 Å². The number of rotatable bonds is 9. The van der Waals surface area contributed by atoms with Gasteiger partial charge < -0.3 is 20.1 Å². The van der Waals surface area contributed by atoms with Crippen LogP contribution in [0.15, 0.2) is 18.2 Å². The molecule has 5 heteroatoms. The highest BCUT2D eigenvalue weighted by Gasteiger charge is 2.15. The second kappa shape index (κ2) is 9.37. The molecule has 21 heavy (non-hydrogen) atoms. The fourth-order valence-corrected chi connectivity index (χ4v) is 2.07. The van der Waals surface area contributed by atoms with Crippen molar-refractivity contribution in [3.05, 3.63) is 29.3 Å². The summed E-state index contributed by atoms with van der Waals surface area (Å²) in [7, 11) is 1.60. The Labute approximate surface area is 126 Å². The van der Waals surface area contributed by atoms with Crippen LogP contribution in [0.1, 0.15) is 29.3 Å². The number of nitrogens with zero attached hydrogens (tertiary/aromatic N) is 1. The molecule has 2 N–H and O–H groups in total. The van der Waals surface area contributed by atoms with Gasteiger partial charge in [0.05, 0.1) is 13.2 Å². The number of hydrogen-bond acceptors (Lipinski definition) is 4. The maximum absolute atomic E-state index is 12.5. The lowest BCUT2D eigenvalue weighted by Gasteiger charge is -2.22. The molecule has 1 amide bonds. The summed E-state index contributed by atoms with van der Waals surface area (Å²) in [6.45, 7) is 6.22. The minimum Gasteiger partial charge on any atom is -0.395 e. The van der Waals surface area contributed by atoms with Gasteiger partial charge in [-0.2, -0.15) is 0 Å². The molecular weight excluding hydrogens is 268 g/mol. The Kier molecular flexibility index (Phi) is 7.79. The quantitative estimate of drug-likeness (QED) is 0.730. The molecule has 0 fully saturated rings. The molecule has 0 aromatic heterocycles. The predicted molar refractivity (Wildman–Crippen MR) is 84.8 cm³/mol. The topological polar surface area (TPSA) is 61.8 Å². The van der Waals surface area contributed by atoms with E-state index in [0.29, 0.717) is 25.3 Å². The van der Waals surface area contributed by atoms with Crippen molar-refractivity contribution in [2.24, 2.45) is 0 Å². The molecule has 0 unspecified atom stereocenters. The summed E-state index contributed by atoms with van der Waals surface area (Å²) in [5.74, 6) is -0.0776. The fourth-order valence-electron chi connectivity index (χ4n) is 2.07. The predicted octanol–water partition coefficient (Wildman–Crippen LogP) is 1.90. The number of benzene rings is 1. The van der Waals surface area contributed by atoms with Gasteiger partial charge in [0, 0.05) is 38.0 Å². The number of carbonyl (C=O) groups is 1. The molecule has 0 bridgehead atoms.